The number of urea groups is 1. The van der Waals surface area contributed by atoms with Gasteiger partial charge < -0.3 is 29.1 Å². The summed E-state index contributed by atoms with van der Waals surface area (Å²) in [4.78, 5) is 93.1. The van der Waals surface area contributed by atoms with E-state index in [-0.39, 0.29) is 32.2 Å². The summed E-state index contributed by atoms with van der Waals surface area (Å²) in [6.07, 6.45) is 3.61. The molecule has 0 aromatic carbocycles. The third kappa shape index (κ3) is 13.7. The van der Waals surface area contributed by atoms with E-state index in [0.29, 0.717) is 30.3 Å². The molecule has 3 aromatic heterocycles. The van der Waals surface area contributed by atoms with E-state index in [1.807, 2.05) is 13.8 Å². The van der Waals surface area contributed by atoms with Crippen molar-refractivity contribution in [2.24, 2.45) is 5.16 Å². The number of aromatic nitrogens is 5. The summed E-state index contributed by atoms with van der Waals surface area (Å²) in [5, 5.41) is 23.3. The summed E-state index contributed by atoms with van der Waals surface area (Å²) in [5.41, 5.74) is -5.62. The molecule has 3 aromatic rings. The number of nitriles is 1. The highest BCUT2D eigenvalue weighted by molar-refractivity contribution is 7.88. The molecule has 4 heterocycles. The predicted octanol–water partition coefficient (Wildman–Crippen LogP) is 3.46. The summed E-state index contributed by atoms with van der Waals surface area (Å²) in [7, 11) is -5.18. The van der Waals surface area contributed by atoms with Crippen molar-refractivity contribution in [3.05, 3.63) is 33.8 Å². The molecule has 0 saturated carbocycles. The zero-order valence-corrected chi connectivity index (χ0v) is 39.3. The Labute approximate surface area is 378 Å². The number of β-lactam (4-membered cyclic amide) rings is 1. The van der Waals surface area contributed by atoms with Crippen LogP contribution in [0, 0.1) is 11.3 Å². The monoisotopic (exact) mass is 947 g/mol. The lowest BCUT2D eigenvalue weighted by molar-refractivity contribution is -0.179. The Kier molecular flexibility index (Phi) is 16.4. The van der Waals surface area contributed by atoms with E-state index < -0.39 is 87.5 Å². The first-order valence-corrected chi connectivity index (χ1v) is 22.6. The number of ether oxygens (including phenoxy) is 4. The highest BCUT2D eigenvalue weighted by Crippen LogP contribution is 2.31. The van der Waals surface area contributed by atoms with Crippen molar-refractivity contribution in [3.8, 4) is 29.1 Å². The third-order valence-electron chi connectivity index (χ3n) is 8.39. The molecule has 1 atom stereocenters. The van der Waals surface area contributed by atoms with Gasteiger partial charge in [0.15, 0.2) is 28.2 Å². The second-order valence-corrected chi connectivity index (χ2v) is 19.1. The molecule has 0 aliphatic carbocycles. The quantitative estimate of drug-likeness (QED) is 0.0509. The lowest BCUT2D eigenvalue weighted by Crippen LogP contribution is -2.68. The molecule has 4 rings (SSSR count). The molecule has 0 unspecified atom stereocenters. The van der Waals surface area contributed by atoms with Crippen LogP contribution in [0.1, 0.15) is 101 Å². The number of esters is 1. The van der Waals surface area contributed by atoms with Crippen molar-refractivity contribution < 1.29 is 56.2 Å². The maximum absolute atomic E-state index is 13.7. The van der Waals surface area contributed by atoms with Gasteiger partial charge in [0.05, 0.1) is 32.0 Å². The summed E-state index contributed by atoms with van der Waals surface area (Å²) in [6, 6.07) is 0.220. The van der Waals surface area contributed by atoms with Gasteiger partial charge in [0.2, 0.25) is 5.60 Å². The Hall–Kier alpha value is -6.62. The number of rotatable bonds is 19. The number of carbonyl (C=O) groups is 5. The highest BCUT2D eigenvalue weighted by Gasteiger charge is 2.44. The summed E-state index contributed by atoms with van der Waals surface area (Å²) in [6.45, 7) is 15.9. The van der Waals surface area contributed by atoms with E-state index in [9.17, 15) is 42.4 Å². The molecule has 1 saturated heterocycles. The summed E-state index contributed by atoms with van der Waals surface area (Å²) >= 11 is 0.879. The fourth-order valence-corrected chi connectivity index (χ4v) is 6.73. The van der Waals surface area contributed by atoms with Gasteiger partial charge in [-0.25, -0.2) is 33.9 Å². The van der Waals surface area contributed by atoms with E-state index in [2.05, 4.69) is 30.9 Å². The van der Waals surface area contributed by atoms with Gasteiger partial charge in [-0.2, -0.15) is 13.7 Å². The van der Waals surface area contributed by atoms with Gasteiger partial charge in [-0.3, -0.25) is 24.4 Å². The van der Waals surface area contributed by atoms with E-state index in [4.69, 9.17) is 23.8 Å². The van der Waals surface area contributed by atoms with E-state index in [0.717, 1.165) is 35.2 Å². The fraction of sp³-hybridized carbons (Fsp3) is 0.564. The number of amides is 5. The minimum atomic E-state index is -5.18. The molecule has 5 amide bonds. The standard InChI is InChI=1S/C39H53N11O13S2/c1-11-13-17-59-26-19-23(41-20-27(26)60-18-14-12-2)29-45-50(36(56)48(29)16-15-40)65(57,58)47-34(54)49-21-24(31(49)52)42-30(51)28(46-63-39(9,10)32(53)61-37(3,4)5)25-22-64-33(43-25)44-35(55)62-38(6,7)8/h19-20,22,24H,11-14,16-18,21H2,1-10H3,(H,42,51)(H,47,54)(H,43,44,55)/b46-28-/t24-/m0/s1. The van der Waals surface area contributed by atoms with Crippen LogP contribution < -0.4 is 30.5 Å². The van der Waals surface area contributed by atoms with Crippen molar-refractivity contribution in [2.75, 3.05) is 25.1 Å². The van der Waals surface area contributed by atoms with Crippen LogP contribution in [0.15, 0.2) is 27.6 Å². The van der Waals surface area contributed by atoms with Crippen LogP contribution in [0.25, 0.3) is 11.5 Å². The molecule has 1 aliphatic rings. The number of hydrogen-bond acceptors (Lipinski definition) is 19. The number of unbranched alkanes of at least 4 members (excludes halogenated alkanes) is 2. The van der Waals surface area contributed by atoms with Crippen molar-refractivity contribution in [3.63, 3.8) is 0 Å². The highest BCUT2D eigenvalue weighted by atomic mass is 32.2. The fourth-order valence-electron chi connectivity index (χ4n) is 5.14. The van der Waals surface area contributed by atoms with Gasteiger partial charge in [0, 0.05) is 11.4 Å². The van der Waals surface area contributed by atoms with Crippen LogP contribution in [-0.2, 0) is 45.4 Å². The Morgan fingerprint density at radius 1 is 0.969 bits per heavy atom. The molecular formula is C39H53N11O13S2. The Morgan fingerprint density at radius 3 is 2.18 bits per heavy atom. The lowest BCUT2D eigenvalue weighted by Gasteiger charge is -2.36. The average molecular weight is 948 g/mol. The van der Waals surface area contributed by atoms with Gasteiger partial charge in [-0.15, -0.1) is 16.4 Å². The Balaban J connectivity index is 1.54. The molecule has 3 N–H and O–H groups in total. The number of nitrogens with zero attached hydrogens (tertiary/aromatic N) is 8. The van der Waals surface area contributed by atoms with E-state index >= 15 is 0 Å². The van der Waals surface area contributed by atoms with Gasteiger partial charge in [0.25, 0.3) is 11.8 Å². The maximum atomic E-state index is 13.7. The normalized spacial score (nSPS) is 14.4. The summed E-state index contributed by atoms with van der Waals surface area (Å²) in [5.74, 6) is -2.82. The molecule has 65 heavy (non-hydrogen) atoms. The first kappa shape index (κ1) is 51.0. The number of anilines is 1. The third-order valence-corrected chi connectivity index (χ3v) is 10.3. The molecule has 24 nitrogen and oxygen atoms in total. The van der Waals surface area contributed by atoms with Gasteiger partial charge in [0.1, 0.15) is 35.2 Å². The number of carbonyl (C=O) groups excluding carboxylic acids is 5. The van der Waals surface area contributed by atoms with Crippen molar-refractivity contribution in [1.29, 1.82) is 5.26 Å². The van der Waals surface area contributed by atoms with Crippen molar-refractivity contribution in [1.82, 2.24) is 38.7 Å². The second kappa shape index (κ2) is 20.9. The first-order chi connectivity index (χ1) is 30.3. The van der Waals surface area contributed by atoms with E-state index in [1.165, 1.54) is 31.5 Å². The molecular weight excluding hydrogens is 895 g/mol. The lowest BCUT2D eigenvalue weighted by atomic mass is 10.1. The van der Waals surface area contributed by atoms with Crippen molar-refractivity contribution in [2.45, 2.75) is 124 Å². The van der Waals surface area contributed by atoms with Crippen LogP contribution in [0.2, 0.25) is 0 Å². The molecule has 0 spiro atoms. The molecule has 0 radical (unpaired) electrons. The number of oxime groups is 1. The molecule has 1 fully saturated rings. The minimum absolute atomic E-state index is 0.0173. The number of hydrogen-bond donors (Lipinski definition) is 3. The average Bonchev–Trinajstić information content (AvgIpc) is 3.79. The van der Waals surface area contributed by atoms with Crippen molar-refractivity contribution >= 4 is 62.3 Å². The molecule has 26 heteroatoms. The molecule has 1 aliphatic heterocycles. The smallest absolute Gasteiger partial charge is 0.413 e. The Bertz CT molecular complexity index is 2510. The number of imide groups is 1. The minimum Gasteiger partial charge on any atom is -0.490 e. The topological polar surface area (TPSA) is 307 Å². The largest absolute Gasteiger partial charge is 0.490 e. The van der Waals surface area contributed by atoms with Crippen LogP contribution in [0.3, 0.4) is 0 Å². The zero-order chi connectivity index (χ0) is 48.5. The number of thiazole rings is 1. The van der Waals surface area contributed by atoms with Gasteiger partial charge in [-0.1, -0.05) is 35.9 Å². The number of nitrogens with one attached hydrogen (secondary N) is 3. The van der Waals surface area contributed by atoms with Crippen LogP contribution in [0.5, 0.6) is 11.5 Å². The zero-order valence-electron chi connectivity index (χ0n) is 37.7. The summed E-state index contributed by atoms with van der Waals surface area (Å²) < 4.78 is 51.5. The van der Waals surface area contributed by atoms with Gasteiger partial charge in [-0.05, 0) is 68.2 Å². The van der Waals surface area contributed by atoms with Crippen LogP contribution in [0.4, 0.5) is 14.7 Å². The first-order valence-electron chi connectivity index (χ1n) is 20.3. The SMILES string of the molecule is CCCCOc1cnc(-c2nn(S(=O)(=O)NC(=O)N3C[C@H](NC(=O)/C(=N\OC(C)(C)C(=O)OC(C)(C)C)c4csc(NC(=O)OC(C)(C)C)n4)C3=O)c(=O)n2CC#N)cc1OCCCC. The van der Waals surface area contributed by atoms with Crippen LogP contribution >= 0.6 is 11.3 Å². The molecule has 354 valence electrons. The van der Waals surface area contributed by atoms with Crippen LogP contribution in [-0.4, -0.2) is 115 Å². The number of likely N-dealkylation sites (tertiary alicyclic amines) is 1. The Morgan fingerprint density at radius 2 is 1.60 bits per heavy atom. The molecule has 0 bridgehead atoms. The van der Waals surface area contributed by atoms with E-state index in [1.54, 1.807) is 52.3 Å². The predicted molar refractivity (Wildman–Crippen MR) is 232 cm³/mol. The van der Waals surface area contributed by atoms with Gasteiger partial charge >= 0.3 is 34.0 Å². The number of pyridine rings is 1. The second-order valence-electron chi connectivity index (χ2n) is 16.7. The maximum Gasteiger partial charge on any atom is 0.413 e.